The third-order valence-electron chi connectivity index (χ3n) is 2.13. The Hall–Kier alpha value is -1.61. The Morgan fingerprint density at radius 2 is 1.74 bits per heavy atom. The third-order valence-corrected chi connectivity index (χ3v) is 2.13. The number of unbranched alkanes of at least 4 members (excludes halogenated alkanes) is 1. The van der Waals surface area contributed by atoms with Crippen molar-refractivity contribution in [3.05, 3.63) is 48.6 Å². The molecule has 0 saturated heterocycles. The minimum absolute atomic E-state index is 0.168. The molecule has 2 N–H and O–H groups in total. The van der Waals surface area contributed by atoms with Crippen LogP contribution in [0, 0.1) is 0 Å². The van der Waals surface area contributed by atoms with Crippen LogP contribution in [-0.2, 0) is 4.79 Å². The van der Waals surface area contributed by atoms with Gasteiger partial charge < -0.3 is 10.4 Å². The maximum atomic E-state index is 11.4. The molecule has 0 aromatic carbocycles. The van der Waals surface area contributed by atoms with Crippen LogP contribution in [0.1, 0.15) is 33.6 Å². The standard InChI is InChI=1S/C16H25NO2/c1-4-5-6-7-8-9-10-11-12-13-15(18)17-14-16(2,3)19/h4-9,12-13,19H,10-11,14H2,1-3H3,(H,17,18)/b5-4+,7-6+,9-8?,13-12+. The largest absolute Gasteiger partial charge is 0.389 e. The molecule has 0 fully saturated rings. The predicted molar refractivity (Wildman–Crippen MR) is 80.8 cm³/mol. The van der Waals surface area contributed by atoms with Gasteiger partial charge in [-0.25, -0.2) is 0 Å². The second-order valence-electron chi connectivity index (χ2n) is 4.85. The van der Waals surface area contributed by atoms with Crippen molar-refractivity contribution in [1.82, 2.24) is 5.32 Å². The van der Waals surface area contributed by atoms with Crippen LogP contribution in [0.2, 0.25) is 0 Å². The zero-order valence-corrected chi connectivity index (χ0v) is 12.1. The summed E-state index contributed by atoms with van der Waals surface area (Å²) in [4.78, 5) is 11.4. The van der Waals surface area contributed by atoms with Gasteiger partial charge >= 0.3 is 0 Å². The summed E-state index contributed by atoms with van der Waals surface area (Å²) in [5.74, 6) is -0.168. The molecule has 0 spiro atoms. The van der Waals surface area contributed by atoms with Gasteiger partial charge in [0.25, 0.3) is 0 Å². The number of hydrogen-bond acceptors (Lipinski definition) is 2. The van der Waals surface area contributed by atoms with Crippen molar-refractivity contribution in [2.75, 3.05) is 6.54 Å². The van der Waals surface area contributed by atoms with Gasteiger partial charge in [0.15, 0.2) is 0 Å². The minimum atomic E-state index is -0.870. The highest BCUT2D eigenvalue weighted by Crippen LogP contribution is 1.97. The normalized spacial score (nSPS) is 13.3. The van der Waals surface area contributed by atoms with E-state index in [-0.39, 0.29) is 12.5 Å². The van der Waals surface area contributed by atoms with E-state index in [1.165, 1.54) is 6.08 Å². The molecule has 0 radical (unpaired) electrons. The molecule has 106 valence electrons. The molecule has 0 saturated carbocycles. The van der Waals surface area contributed by atoms with E-state index in [4.69, 9.17) is 0 Å². The summed E-state index contributed by atoms with van der Waals surface area (Å²) in [5.41, 5.74) is -0.870. The molecule has 0 unspecified atom stereocenters. The summed E-state index contributed by atoms with van der Waals surface area (Å²) < 4.78 is 0. The van der Waals surface area contributed by atoms with Gasteiger partial charge in [-0.15, -0.1) is 0 Å². The van der Waals surface area contributed by atoms with E-state index in [9.17, 15) is 9.90 Å². The van der Waals surface area contributed by atoms with E-state index < -0.39 is 5.60 Å². The van der Waals surface area contributed by atoms with Crippen molar-refractivity contribution in [3.63, 3.8) is 0 Å². The predicted octanol–water partition coefficient (Wildman–Crippen LogP) is 2.90. The number of amides is 1. The Kier molecular flexibility index (Phi) is 9.45. The van der Waals surface area contributed by atoms with E-state index in [0.717, 1.165) is 12.8 Å². The Balaban J connectivity index is 3.71. The summed E-state index contributed by atoms with van der Waals surface area (Å²) in [6.45, 7) is 5.54. The number of carbonyl (C=O) groups is 1. The average molecular weight is 263 g/mol. The average Bonchev–Trinajstić information content (AvgIpc) is 2.33. The van der Waals surface area contributed by atoms with Crippen LogP contribution in [0.4, 0.5) is 0 Å². The first kappa shape index (κ1) is 17.4. The van der Waals surface area contributed by atoms with Crippen LogP contribution < -0.4 is 5.32 Å². The van der Waals surface area contributed by atoms with Gasteiger partial charge in [-0.3, -0.25) is 4.79 Å². The van der Waals surface area contributed by atoms with Gasteiger partial charge in [0.2, 0.25) is 5.91 Å². The van der Waals surface area contributed by atoms with Gasteiger partial charge in [-0.2, -0.15) is 0 Å². The number of hydrogen-bond donors (Lipinski definition) is 2. The maximum absolute atomic E-state index is 11.4. The number of nitrogens with one attached hydrogen (secondary N) is 1. The quantitative estimate of drug-likeness (QED) is 0.402. The molecule has 0 atom stereocenters. The molecule has 0 aliphatic carbocycles. The molecule has 0 heterocycles. The second-order valence-corrected chi connectivity index (χ2v) is 4.85. The first-order valence-electron chi connectivity index (χ1n) is 6.57. The highest BCUT2D eigenvalue weighted by Gasteiger charge is 2.12. The van der Waals surface area contributed by atoms with Crippen molar-refractivity contribution in [3.8, 4) is 0 Å². The second kappa shape index (κ2) is 10.3. The maximum Gasteiger partial charge on any atom is 0.243 e. The molecule has 19 heavy (non-hydrogen) atoms. The van der Waals surface area contributed by atoms with E-state index in [2.05, 4.69) is 11.4 Å². The lowest BCUT2D eigenvalue weighted by molar-refractivity contribution is -0.117. The zero-order chi connectivity index (χ0) is 14.6. The molecule has 0 rings (SSSR count). The first-order chi connectivity index (χ1) is 8.95. The molecular formula is C16H25NO2. The lowest BCUT2D eigenvalue weighted by atomic mass is 10.1. The highest BCUT2D eigenvalue weighted by atomic mass is 16.3. The van der Waals surface area contributed by atoms with Gasteiger partial charge in [0, 0.05) is 6.54 Å². The monoisotopic (exact) mass is 263 g/mol. The fourth-order valence-corrected chi connectivity index (χ4v) is 1.16. The van der Waals surface area contributed by atoms with Crippen molar-refractivity contribution in [2.45, 2.75) is 39.2 Å². The number of aliphatic hydroxyl groups is 1. The lowest BCUT2D eigenvalue weighted by Crippen LogP contribution is -2.37. The van der Waals surface area contributed by atoms with Crippen LogP contribution in [0.3, 0.4) is 0 Å². The molecule has 0 bridgehead atoms. The SMILES string of the molecule is C/C=C/C=C/C=CCC/C=C/C(=O)NCC(C)(C)O. The van der Waals surface area contributed by atoms with Crippen molar-refractivity contribution in [1.29, 1.82) is 0 Å². The Morgan fingerprint density at radius 1 is 1.11 bits per heavy atom. The lowest BCUT2D eigenvalue weighted by Gasteiger charge is -2.16. The van der Waals surface area contributed by atoms with E-state index >= 15 is 0 Å². The van der Waals surface area contributed by atoms with Gasteiger partial charge in [-0.1, -0.05) is 42.5 Å². The van der Waals surface area contributed by atoms with E-state index in [0.29, 0.717) is 0 Å². The first-order valence-corrected chi connectivity index (χ1v) is 6.57. The van der Waals surface area contributed by atoms with Crippen LogP contribution in [0.15, 0.2) is 48.6 Å². The summed E-state index contributed by atoms with van der Waals surface area (Å²) in [6, 6.07) is 0. The molecular weight excluding hydrogens is 238 g/mol. The summed E-state index contributed by atoms with van der Waals surface area (Å²) in [7, 11) is 0. The van der Waals surface area contributed by atoms with Crippen LogP contribution in [0.5, 0.6) is 0 Å². The van der Waals surface area contributed by atoms with Crippen LogP contribution >= 0.6 is 0 Å². The number of rotatable bonds is 8. The Labute approximate surface area is 116 Å². The van der Waals surface area contributed by atoms with Crippen LogP contribution in [-0.4, -0.2) is 23.2 Å². The Morgan fingerprint density at radius 3 is 2.37 bits per heavy atom. The molecule has 3 heteroatoms. The topological polar surface area (TPSA) is 49.3 Å². The van der Waals surface area contributed by atoms with E-state index in [1.807, 2.05) is 43.4 Å². The number of carbonyl (C=O) groups excluding carboxylic acids is 1. The number of allylic oxidation sites excluding steroid dienone is 7. The van der Waals surface area contributed by atoms with Crippen molar-refractivity contribution < 1.29 is 9.90 Å². The highest BCUT2D eigenvalue weighted by molar-refractivity contribution is 5.87. The van der Waals surface area contributed by atoms with Gasteiger partial charge in [0.05, 0.1) is 5.60 Å². The summed E-state index contributed by atoms with van der Waals surface area (Å²) in [5, 5.41) is 12.1. The molecule has 1 amide bonds. The molecule has 0 aliphatic heterocycles. The van der Waals surface area contributed by atoms with Gasteiger partial charge in [-0.05, 0) is 39.7 Å². The van der Waals surface area contributed by atoms with Crippen molar-refractivity contribution >= 4 is 5.91 Å². The molecule has 0 aromatic rings. The molecule has 0 aliphatic rings. The summed E-state index contributed by atoms with van der Waals surface area (Å²) in [6.07, 6.45) is 17.0. The summed E-state index contributed by atoms with van der Waals surface area (Å²) >= 11 is 0. The fraction of sp³-hybridized carbons (Fsp3) is 0.438. The van der Waals surface area contributed by atoms with E-state index in [1.54, 1.807) is 13.8 Å². The fourth-order valence-electron chi connectivity index (χ4n) is 1.16. The molecule has 0 aromatic heterocycles. The smallest absolute Gasteiger partial charge is 0.243 e. The Bertz CT molecular complexity index is 357. The van der Waals surface area contributed by atoms with Crippen molar-refractivity contribution in [2.24, 2.45) is 0 Å². The van der Waals surface area contributed by atoms with Gasteiger partial charge in [0.1, 0.15) is 0 Å². The molecule has 3 nitrogen and oxygen atoms in total. The minimum Gasteiger partial charge on any atom is -0.389 e. The third kappa shape index (κ3) is 14.3. The van der Waals surface area contributed by atoms with Crippen LogP contribution in [0.25, 0.3) is 0 Å². The zero-order valence-electron chi connectivity index (χ0n) is 12.1.